The van der Waals surface area contributed by atoms with E-state index in [1.165, 1.54) is 5.56 Å². The number of fused-ring (bicyclic) bond motifs is 1. The van der Waals surface area contributed by atoms with E-state index >= 15 is 0 Å². The first-order chi connectivity index (χ1) is 9.44. The molecule has 2 aliphatic rings. The van der Waals surface area contributed by atoms with E-state index in [4.69, 9.17) is 0 Å². The number of carbonyl (C=O) groups excluding carboxylic acids is 1. The smallest absolute Gasteiger partial charge is 0.307 e. The average molecular weight is 273 g/mol. The first kappa shape index (κ1) is 13.2. The predicted molar refractivity (Wildman–Crippen MR) is 75.5 cm³/mol. The van der Waals surface area contributed by atoms with Gasteiger partial charge in [0.25, 0.3) is 0 Å². The second-order valence-electron chi connectivity index (χ2n) is 6.34. The van der Waals surface area contributed by atoms with Crippen LogP contribution in [0.3, 0.4) is 0 Å². The van der Waals surface area contributed by atoms with Crippen molar-refractivity contribution in [1.82, 2.24) is 0 Å². The van der Waals surface area contributed by atoms with Crippen molar-refractivity contribution in [2.75, 3.05) is 11.4 Å². The number of nitrogens with zero attached hydrogens (tertiary/aromatic N) is 1. The van der Waals surface area contributed by atoms with Crippen LogP contribution in [-0.4, -0.2) is 23.5 Å². The molecule has 4 heteroatoms. The molecule has 20 heavy (non-hydrogen) atoms. The topological polar surface area (TPSA) is 57.6 Å². The van der Waals surface area contributed by atoms with E-state index in [1.54, 1.807) is 4.90 Å². The third kappa shape index (κ3) is 1.82. The average Bonchev–Trinajstić information content (AvgIpc) is 3.00. The van der Waals surface area contributed by atoms with E-state index in [1.807, 2.05) is 38.1 Å². The zero-order valence-corrected chi connectivity index (χ0v) is 11.8. The van der Waals surface area contributed by atoms with Crippen molar-refractivity contribution >= 4 is 17.6 Å². The Kier molecular flexibility index (Phi) is 2.85. The van der Waals surface area contributed by atoms with Crippen LogP contribution in [0, 0.1) is 17.3 Å². The summed E-state index contributed by atoms with van der Waals surface area (Å²) in [6, 6.07) is 7.91. The van der Waals surface area contributed by atoms with E-state index in [0.717, 1.165) is 18.5 Å². The Hall–Kier alpha value is -1.84. The molecule has 1 aliphatic heterocycles. The fourth-order valence-electron chi connectivity index (χ4n) is 3.49. The van der Waals surface area contributed by atoms with Crippen molar-refractivity contribution in [3.8, 4) is 0 Å². The summed E-state index contributed by atoms with van der Waals surface area (Å²) < 4.78 is 0. The number of carboxylic acid groups (broad SMARTS) is 1. The van der Waals surface area contributed by atoms with Gasteiger partial charge in [0.05, 0.1) is 11.8 Å². The minimum atomic E-state index is -0.862. The Morgan fingerprint density at radius 2 is 1.95 bits per heavy atom. The van der Waals surface area contributed by atoms with Crippen LogP contribution in [0.15, 0.2) is 24.3 Å². The number of aliphatic carboxylic acids is 1. The highest BCUT2D eigenvalue weighted by Crippen LogP contribution is 2.59. The maximum absolute atomic E-state index is 12.7. The molecule has 1 aromatic carbocycles. The molecular weight excluding hydrogens is 254 g/mol. The monoisotopic (exact) mass is 273 g/mol. The summed E-state index contributed by atoms with van der Waals surface area (Å²) in [7, 11) is 0. The van der Waals surface area contributed by atoms with Gasteiger partial charge >= 0.3 is 5.97 Å². The van der Waals surface area contributed by atoms with Gasteiger partial charge in [-0.15, -0.1) is 0 Å². The Balaban J connectivity index is 1.89. The third-order valence-electron chi connectivity index (χ3n) is 4.74. The summed E-state index contributed by atoms with van der Waals surface area (Å²) in [6.07, 6.45) is 1.92. The van der Waals surface area contributed by atoms with Gasteiger partial charge in [0.1, 0.15) is 0 Å². The number of carboxylic acids is 1. The number of para-hydroxylation sites is 1. The maximum atomic E-state index is 12.7. The van der Waals surface area contributed by atoms with Gasteiger partial charge in [-0.2, -0.15) is 0 Å². The van der Waals surface area contributed by atoms with Crippen LogP contribution in [-0.2, 0) is 16.0 Å². The molecule has 1 heterocycles. The summed E-state index contributed by atoms with van der Waals surface area (Å²) in [6.45, 7) is 4.42. The predicted octanol–water partition coefficient (Wildman–Crippen LogP) is 2.32. The summed E-state index contributed by atoms with van der Waals surface area (Å²) in [5.41, 5.74) is 1.70. The van der Waals surface area contributed by atoms with Crippen molar-refractivity contribution in [1.29, 1.82) is 0 Å². The van der Waals surface area contributed by atoms with Gasteiger partial charge in [-0.3, -0.25) is 9.59 Å². The van der Waals surface area contributed by atoms with Crippen LogP contribution >= 0.6 is 0 Å². The van der Waals surface area contributed by atoms with E-state index < -0.39 is 23.2 Å². The molecule has 1 fully saturated rings. The number of aryl methyl sites for hydroxylation is 1. The molecule has 1 saturated carbocycles. The highest BCUT2D eigenvalue weighted by Gasteiger charge is 2.66. The fourth-order valence-corrected chi connectivity index (χ4v) is 3.49. The quantitative estimate of drug-likeness (QED) is 0.899. The van der Waals surface area contributed by atoms with Crippen molar-refractivity contribution in [3.05, 3.63) is 29.8 Å². The van der Waals surface area contributed by atoms with Crippen LogP contribution in [0.4, 0.5) is 5.69 Å². The largest absolute Gasteiger partial charge is 0.481 e. The molecule has 1 N–H and O–H groups in total. The molecule has 1 aliphatic carbocycles. The van der Waals surface area contributed by atoms with Crippen LogP contribution < -0.4 is 4.90 Å². The summed E-state index contributed by atoms with van der Waals surface area (Å²) in [4.78, 5) is 25.8. The van der Waals surface area contributed by atoms with Gasteiger partial charge < -0.3 is 10.0 Å². The van der Waals surface area contributed by atoms with Gasteiger partial charge in [0.15, 0.2) is 0 Å². The van der Waals surface area contributed by atoms with E-state index in [2.05, 4.69) is 0 Å². The summed E-state index contributed by atoms with van der Waals surface area (Å²) in [5, 5.41) is 9.23. The Bertz CT molecular complexity index is 579. The maximum Gasteiger partial charge on any atom is 0.307 e. The second kappa shape index (κ2) is 4.33. The van der Waals surface area contributed by atoms with Gasteiger partial charge in [0.2, 0.25) is 5.91 Å². The number of rotatable bonds is 2. The molecule has 106 valence electrons. The highest BCUT2D eigenvalue weighted by molar-refractivity contribution is 6.02. The third-order valence-corrected chi connectivity index (χ3v) is 4.74. The lowest BCUT2D eigenvalue weighted by Crippen LogP contribution is -2.37. The lowest BCUT2D eigenvalue weighted by Gasteiger charge is -2.30. The van der Waals surface area contributed by atoms with Crippen molar-refractivity contribution < 1.29 is 14.7 Å². The molecule has 0 radical (unpaired) electrons. The minimum absolute atomic E-state index is 0.0328. The SMILES string of the molecule is CC1(C)[C@H](C(=O)N2CCCc3ccccc32)[C@@H]1C(=O)O. The van der Waals surface area contributed by atoms with Crippen LogP contribution in [0.1, 0.15) is 25.8 Å². The Labute approximate surface area is 118 Å². The lowest BCUT2D eigenvalue weighted by atomic mass is 10.0. The summed E-state index contributed by atoms with van der Waals surface area (Å²) >= 11 is 0. The molecule has 0 spiro atoms. The minimum Gasteiger partial charge on any atom is -0.481 e. The zero-order valence-electron chi connectivity index (χ0n) is 11.8. The molecule has 4 nitrogen and oxygen atoms in total. The zero-order chi connectivity index (χ0) is 14.5. The van der Waals surface area contributed by atoms with Crippen molar-refractivity contribution in [3.63, 3.8) is 0 Å². The first-order valence-corrected chi connectivity index (χ1v) is 7.06. The second-order valence-corrected chi connectivity index (χ2v) is 6.34. The molecule has 0 unspecified atom stereocenters. The summed E-state index contributed by atoms with van der Waals surface area (Å²) in [5.74, 6) is -1.84. The molecule has 0 aromatic heterocycles. The molecule has 1 aromatic rings. The molecule has 3 rings (SSSR count). The Morgan fingerprint density at radius 1 is 1.25 bits per heavy atom. The number of anilines is 1. The number of hydrogen-bond acceptors (Lipinski definition) is 2. The molecule has 1 amide bonds. The van der Waals surface area contributed by atoms with Gasteiger partial charge in [-0.1, -0.05) is 32.0 Å². The normalized spacial score (nSPS) is 26.8. The van der Waals surface area contributed by atoms with Gasteiger partial charge in [-0.25, -0.2) is 0 Å². The Morgan fingerprint density at radius 3 is 2.60 bits per heavy atom. The number of benzene rings is 1. The van der Waals surface area contributed by atoms with Crippen LogP contribution in [0.5, 0.6) is 0 Å². The highest BCUT2D eigenvalue weighted by atomic mass is 16.4. The van der Waals surface area contributed by atoms with Gasteiger partial charge in [-0.05, 0) is 29.9 Å². The number of carbonyl (C=O) groups is 2. The van der Waals surface area contributed by atoms with E-state index in [9.17, 15) is 14.7 Å². The van der Waals surface area contributed by atoms with Crippen LogP contribution in [0.2, 0.25) is 0 Å². The molecule has 0 saturated heterocycles. The number of hydrogen-bond donors (Lipinski definition) is 1. The van der Waals surface area contributed by atoms with Gasteiger partial charge in [0, 0.05) is 12.2 Å². The lowest BCUT2D eigenvalue weighted by molar-refractivity contribution is -0.140. The van der Waals surface area contributed by atoms with E-state index in [-0.39, 0.29) is 5.91 Å². The van der Waals surface area contributed by atoms with Crippen molar-refractivity contribution in [2.24, 2.45) is 17.3 Å². The molecular formula is C16H19NO3. The first-order valence-electron chi connectivity index (χ1n) is 7.06. The van der Waals surface area contributed by atoms with Crippen molar-refractivity contribution in [2.45, 2.75) is 26.7 Å². The molecule has 2 atom stereocenters. The van der Waals surface area contributed by atoms with E-state index in [0.29, 0.717) is 6.54 Å². The molecule has 0 bridgehead atoms. The fraction of sp³-hybridized carbons (Fsp3) is 0.500. The number of amides is 1. The standard InChI is InChI=1S/C16H19NO3/c1-16(2)12(13(16)15(19)20)14(18)17-9-5-7-10-6-3-4-8-11(10)17/h3-4,6,8,12-13H,5,7,9H2,1-2H3,(H,19,20)/t12-,13+/m0/s1. The van der Waals surface area contributed by atoms with Crippen LogP contribution in [0.25, 0.3) is 0 Å².